The van der Waals surface area contributed by atoms with E-state index < -0.39 is 0 Å². The maximum atomic E-state index is 5.29. The van der Waals surface area contributed by atoms with Gasteiger partial charge in [0, 0.05) is 34.4 Å². The van der Waals surface area contributed by atoms with E-state index in [1.807, 2.05) is 0 Å². The highest BCUT2D eigenvalue weighted by atomic mass is 79.9. The summed E-state index contributed by atoms with van der Waals surface area (Å²) in [5.74, 6) is 0. The van der Waals surface area contributed by atoms with Crippen LogP contribution in [0.5, 0.6) is 0 Å². The van der Waals surface area contributed by atoms with Crippen molar-refractivity contribution in [3.8, 4) is 0 Å². The SMILES string of the molecule is NCCOCCNCc1cc(Br)cs1. The van der Waals surface area contributed by atoms with Crippen LogP contribution < -0.4 is 11.1 Å². The molecule has 0 aliphatic heterocycles. The van der Waals surface area contributed by atoms with Gasteiger partial charge in [-0.05, 0) is 22.0 Å². The number of ether oxygens (including phenoxy) is 1. The molecule has 0 unspecified atom stereocenters. The molecule has 80 valence electrons. The van der Waals surface area contributed by atoms with E-state index >= 15 is 0 Å². The minimum absolute atomic E-state index is 0.595. The van der Waals surface area contributed by atoms with Crippen molar-refractivity contribution in [3.63, 3.8) is 0 Å². The summed E-state index contributed by atoms with van der Waals surface area (Å²) in [5.41, 5.74) is 5.29. The van der Waals surface area contributed by atoms with Gasteiger partial charge in [0.1, 0.15) is 0 Å². The van der Waals surface area contributed by atoms with E-state index in [0.29, 0.717) is 13.2 Å². The van der Waals surface area contributed by atoms with E-state index in [1.54, 1.807) is 11.3 Å². The molecule has 1 rings (SSSR count). The molecule has 0 amide bonds. The van der Waals surface area contributed by atoms with Crippen molar-refractivity contribution < 1.29 is 4.74 Å². The average molecular weight is 279 g/mol. The Morgan fingerprint density at radius 1 is 1.50 bits per heavy atom. The Hall–Kier alpha value is 0.0600. The third-order valence-corrected chi connectivity index (χ3v) is 3.30. The van der Waals surface area contributed by atoms with Gasteiger partial charge < -0.3 is 15.8 Å². The van der Waals surface area contributed by atoms with Crippen LogP contribution in [0.4, 0.5) is 0 Å². The van der Waals surface area contributed by atoms with Gasteiger partial charge in [0.2, 0.25) is 0 Å². The zero-order valence-electron chi connectivity index (χ0n) is 7.96. The van der Waals surface area contributed by atoms with Crippen LogP contribution in [-0.4, -0.2) is 26.3 Å². The molecule has 14 heavy (non-hydrogen) atoms. The molecule has 0 bridgehead atoms. The normalized spacial score (nSPS) is 10.7. The quantitative estimate of drug-likeness (QED) is 0.745. The summed E-state index contributed by atoms with van der Waals surface area (Å²) in [6.07, 6.45) is 0. The van der Waals surface area contributed by atoms with Gasteiger partial charge in [-0.1, -0.05) is 0 Å². The summed E-state index contributed by atoms with van der Waals surface area (Å²) in [6, 6.07) is 2.12. The molecular weight excluding hydrogens is 264 g/mol. The average Bonchev–Trinajstić information content (AvgIpc) is 2.58. The van der Waals surface area contributed by atoms with E-state index in [0.717, 1.165) is 24.2 Å². The van der Waals surface area contributed by atoms with Gasteiger partial charge in [0.05, 0.1) is 13.2 Å². The molecule has 1 aromatic rings. The lowest BCUT2D eigenvalue weighted by Gasteiger charge is -2.03. The molecule has 0 aromatic carbocycles. The van der Waals surface area contributed by atoms with Gasteiger partial charge in [-0.2, -0.15) is 0 Å². The predicted octanol–water partition coefficient (Wildman–Crippen LogP) is 1.58. The third-order valence-electron chi connectivity index (χ3n) is 1.61. The number of nitrogens with two attached hydrogens (primary N) is 1. The topological polar surface area (TPSA) is 47.3 Å². The lowest BCUT2D eigenvalue weighted by atomic mass is 10.4. The molecule has 0 aliphatic carbocycles. The summed E-state index contributed by atoms with van der Waals surface area (Å²) in [6.45, 7) is 3.74. The third kappa shape index (κ3) is 5.07. The Labute approximate surface area is 96.8 Å². The van der Waals surface area contributed by atoms with E-state index in [1.165, 1.54) is 4.88 Å². The van der Waals surface area contributed by atoms with Crippen molar-refractivity contribution in [1.82, 2.24) is 5.32 Å². The van der Waals surface area contributed by atoms with Crippen molar-refractivity contribution in [2.75, 3.05) is 26.3 Å². The van der Waals surface area contributed by atoms with Crippen molar-refractivity contribution in [2.45, 2.75) is 6.54 Å². The lowest BCUT2D eigenvalue weighted by Crippen LogP contribution is -2.20. The van der Waals surface area contributed by atoms with Crippen LogP contribution in [0.1, 0.15) is 4.88 Å². The molecule has 3 N–H and O–H groups in total. The molecule has 1 aromatic heterocycles. The lowest BCUT2D eigenvalue weighted by molar-refractivity contribution is 0.143. The zero-order chi connectivity index (χ0) is 10.2. The first kappa shape index (κ1) is 12.1. The fourth-order valence-electron chi connectivity index (χ4n) is 0.988. The van der Waals surface area contributed by atoms with E-state index in [4.69, 9.17) is 10.5 Å². The smallest absolute Gasteiger partial charge is 0.0591 e. The Kier molecular flexibility index (Phi) is 6.38. The van der Waals surface area contributed by atoms with Crippen LogP contribution >= 0.6 is 27.3 Å². The first-order valence-electron chi connectivity index (χ1n) is 4.54. The monoisotopic (exact) mass is 278 g/mol. The van der Waals surface area contributed by atoms with Crippen molar-refractivity contribution in [1.29, 1.82) is 0 Å². The Morgan fingerprint density at radius 2 is 2.36 bits per heavy atom. The molecule has 0 spiro atoms. The second kappa shape index (κ2) is 7.36. The Morgan fingerprint density at radius 3 is 3.00 bits per heavy atom. The number of rotatable bonds is 7. The Bertz CT molecular complexity index is 255. The second-order valence-electron chi connectivity index (χ2n) is 2.81. The standard InChI is InChI=1S/C9H15BrN2OS/c10-8-5-9(14-7-8)6-12-2-4-13-3-1-11/h5,7,12H,1-4,6,11H2. The molecule has 3 nitrogen and oxygen atoms in total. The molecule has 0 radical (unpaired) electrons. The molecule has 5 heteroatoms. The maximum absolute atomic E-state index is 5.29. The van der Waals surface area contributed by atoms with Gasteiger partial charge in [-0.3, -0.25) is 0 Å². The van der Waals surface area contributed by atoms with Crippen LogP contribution in [0.2, 0.25) is 0 Å². The molecule has 0 saturated heterocycles. The minimum atomic E-state index is 0.595. The number of nitrogens with one attached hydrogen (secondary N) is 1. The van der Waals surface area contributed by atoms with Crippen LogP contribution in [0.15, 0.2) is 15.9 Å². The highest BCUT2D eigenvalue weighted by molar-refractivity contribution is 9.10. The van der Waals surface area contributed by atoms with Gasteiger partial charge in [0.25, 0.3) is 0 Å². The number of hydrogen-bond donors (Lipinski definition) is 2. The predicted molar refractivity (Wildman–Crippen MR) is 63.6 cm³/mol. The van der Waals surface area contributed by atoms with Crippen LogP contribution in [-0.2, 0) is 11.3 Å². The zero-order valence-corrected chi connectivity index (χ0v) is 10.4. The van der Waals surface area contributed by atoms with E-state index in [9.17, 15) is 0 Å². The van der Waals surface area contributed by atoms with Crippen LogP contribution in [0.25, 0.3) is 0 Å². The second-order valence-corrected chi connectivity index (χ2v) is 4.72. The van der Waals surface area contributed by atoms with Gasteiger partial charge >= 0.3 is 0 Å². The van der Waals surface area contributed by atoms with Gasteiger partial charge in [0.15, 0.2) is 0 Å². The van der Waals surface area contributed by atoms with Crippen molar-refractivity contribution in [2.24, 2.45) is 5.73 Å². The number of halogens is 1. The molecular formula is C9H15BrN2OS. The van der Waals surface area contributed by atoms with E-state index in [-0.39, 0.29) is 0 Å². The highest BCUT2D eigenvalue weighted by Gasteiger charge is 1.96. The van der Waals surface area contributed by atoms with E-state index in [2.05, 4.69) is 32.7 Å². The first-order chi connectivity index (χ1) is 6.83. The maximum Gasteiger partial charge on any atom is 0.0591 e. The summed E-state index contributed by atoms with van der Waals surface area (Å²) in [4.78, 5) is 1.33. The van der Waals surface area contributed by atoms with Crippen LogP contribution in [0, 0.1) is 0 Å². The molecule has 0 aliphatic rings. The fourth-order valence-corrected chi connectivity index (χ4v) is 2.41. The summed E-state index contributed by atoms with van der Waals surface area (Å²) < 4.78 is 6.38. The highest BCUT2D eigenvalue weighted by Crippen LogP contribution is 2.19. The van der Waals surface area contributed by atoms with Crippen molar-refractivity contribution >= 4 is 27.3 Å². The van der Waals surface area contributed by atoms with Gasteiger partial charge in [-0.15, -0.1) is 11.3 Å². The Balaban J connectivity index is 1.99. The van der Waals surface area contributed by atoms with Gasteiger partial charge in [-0.25, -0.2) is 0 Å². The molecule has 1 heterocycles. The summed E-state index contributed by atoms with van der Waals surface area (Å²) >= 11 is 5.17. The number of hydrogen-bond acceptors (Lipinski definition) is 4. The summed E-state index contributed by atoms with van der Waals surface area (Å²) in [5, 5.41) is 5.38. The summed E-state index contributed by atoms with van der Waals surface area (Å²) in [7, 11) is 0. The number of thiophene rings is 1. The molecule has 0 saturated carbocycles. The fraction of sp³-hybridized carbons (Fsp3) is 0.556. The largest absolute Gasteiger partial charge is 0.379 e. The first-order valence-corrected chi connectivity index (χ1v) is 6.21. The minimum Gasteiger partial charge on any atom is -0.379 e. The molecule has 0 fully saturated rings. The van der Waals surface area contributed by atoms with Crippen LogP contribution in [0.3, 0.4) is 0 Å². The van der Waals surface area contributed by atoms with Crippen molar-refractivity contribution in [3.05, 3.63) is 20.8 Å². The molecule has 0 atom stereocenters.